The Morgan fingerprint density at radius 1 is 1.35 bits per heavy atom. The Morgan fingerprint density at radius 2 is 2.00 bits per heavy atom. The number of aliphatic hydroxyl groups excluding tert-OH is 1. The van der Waals surface area contributed by atoms with Crippen molar-refractivity contribution in [2.75, 3.05) is 13.6 Å². The molecular formula is C12H13F2NO3S2. The summed E-state index contributed by atoms with van der Waals surface area (Å²) in [4.78, 5) is 0.177. The summed E-state index contributed by atoms with van der Waals surface area (Å²) in [7, 11) is -2.95. The summed E-state index contributed by atoms with van der Waals surface area (Å²) in [5.41, 5.74) is 0. The van der Waals surface area contributed by atoms with Gasteiger partial charge in [0.25, 0.3) is 6.43 Å². The number of rotatable bonds is 5. The SMILES string of the molecule is CN(CC(F)F)S(=O)(=O)c1c(CO)sc2ccccc12. The number of alkyl halides is 2. The number of hydrogen-bond acceptors (Lipinski definition) is 4. The largest absolute Gasteiger partial charge is 0.391 e. The van der Waals surface area contributed by atoms with Crippen LogP contribution in [0.4, 0.5) is 8.78 Å². The first-order valence-corrected chi connectivity index (χ1v) is 7.99. The molecule has 0 amide bonds. The van der Waals surface area contributed by atoms with Gasteiger partial charge in [-0.3, -0.25) is 0 Å². The molecule has 0 saturated heterocycles. The smallest absolute Gasteiger partial charge is 0.252 e. The topological polar surface area (TPSA) is 57.6 Å². The van der Waals surface area contributed by atoms with Crippen molar-refractivity contribution in [3.05, 3.63) is 29.1 Å². The quantitative estimate of drug-likeness (QED) is 0.919. The van der Waals surface area contributed by atoms with Crippen LogP contribution in [0.15, 0.2) is 29.2 Å². The number of halogens is 2. The maximum absolute atomic E-state index is 12.4. The lowest BCUT2D eigenvalue weighted by Crippen LogP contribution is -2.31. The van der Waals surface area contributed by atoms with Gasteiger partial charge in [-0.2, -0.15) is 4.31 Å². The molecule has 0 spiro atoms. The monoisotopic (exact) mass is 321 g/mol. The molecule has 1 heterocycles. The van der Waals surface area contributed by atoms with E-state index in [2.05, 4.69) is 0 Å². The second-order valence-electron chi connectivity index (χ2n) is 4.19. The fourth-order valence-corrected chi connectivity index (χ4v) is 4.80. The van der Waals surface area contributed by atoms with Crippen LogP contribution in [0.25, 0.3) is 10.1 Å². The summed E-state index contributed by atoms with van der Waals surface area (Å²) in [5, 5.41) is 9.77. The van der Waals surface area contributed by atoms with Crippen molar-refractivity contribution >= 4 is 31.4 Å². The van der Waals surface area contributed by atoms with Crippen LogP contribution < -0.4 is 0 Å². The van der Waals surface area contributed by atoms with Gasteiger partial charge >= 0.3 is 0 Å². The maximum atomic E-state index is 12.4. The first kappa shape index (κ1) is 15.3. The van der Waals surface area contributed by atoms with Crippen molar-refractivity contribution in [1.29, 1.82) is 0 Å². The lowest BCUT2D eigenvalue weighted by molar-refractivity contribution is 0.126. The van der Waals surface area contributed by atoms with Crippen molar-refractivity contribution in [2.24, 2.45) is 0 Å². The Bertz CT molecular complexity index is 713. The third kappa shape index (κ3) is 2.69. The molecule has 0 aliphatic heterocycles. The van der Waals surface area contributed by atoms with Gasteiger partial charge in [0, 0.05) is 17.1 Å². The molecule has 1 aromatic heterocycles. The van der Waals surface area contributed by atoms with E-state index < -0.39 is 29.6 Å². The van der Waals surface area contributed by atoms with E-state index >= 15 is 0 Å². The lowest BCUT2D eigenvalue weighted by atomic mass is 10.2. The van der Waals surface area contributed by atoms with Crippen molar-refractivity contribution < 1.29 is 22.3 Å². The molecule has 8 heteroatoms. The molecular weight excluding hydrogens is 308 g/mol. The van der Waals surface area contributed by atoms with E-state index in [1.54, 1.807) is 24.3 Å². The number of sulfonamides is 1. The Labute approximate surface area is 119 Å². The number of aliphatic hydroxyl groups is 1. The van der Waals surface area contributed by atoms with Gasteiger partial charge in [-0.25, -0.2) is 17.2 Å². The number of nitrogens with zero attached hydrogens (tertiary/aromatic N) is 1. The van der Waals surface area contributed by atoms with Gasteiger partial charge in [0.2, 0.25) is 10.0 Å². The molecule has 0 atom stereocenters. The van der Waals surface area contributed by atoms with Crippen molar-refractivity contribution in [2.45, 2.75) is 17.9 Å². The Morgan fingerprint density at radius 3 is 2.60 bits per heavy atom. The minimum absolute atomic E-state index is 0.0799. The summed E-state index contributed by atoms with van der Waals surface area (Å²) in [5.74, 6) is 0. The first-order valence-electron chi connectivity index (χ1n) is 5.73. The second kappa shape index (κ2) is 5.72. The number of thiophene rings is 1. The predicted octanol–water partition coefficient (Wildman–Crippen LogP) is 2.28. The van der Waals surface area contributed by atoms with E-state index in [4.69, 9.17) is 0 Å². The molecule has 0 radical (unpaired) electrons. The number of hydrogen-bond donors (Lipinski definition) is 1. The van der Waals surface area contributed by atoms with E-state index in [1.807, 2.05) is 0 Å². The Kier molecular flexibility index (Phi) is 4.38. The second-order valence-corrected chi connectivity index (χ2v) is 7.30. The lowest BCUT2D eigenvalue weighted by Gasteiger charge is -2.17. The molecule has 2 aromatic rings. The van der Waals surface area contributed by atoms with Crippen LogP contribution in [0, 0.1) is 0 Å². The Hall–Kier alpha value is -1.09. The molecule has 1 N–H and O–H groups in total. The van der Waals surface area contributed by atoms with E-state index in [9.17, 15) is 22.3 Å². The molecule has 110 valence electrons. The maximum Gasteiger partial charge on any atom is 0.252 e. The standard InChI is InChI=1S/C12H13F2NO3S2/c1-15(6-11(13)14)20(17,18)12-8-4-2-3-5-9(8)19-10(12)7-16/h2-5,11,16H,6-7H2,1H3. The summed E-state index contributed by atoms with van der Waals surface area (Å²) in [6.45, 7) is -1.33. The highest BCUT2D eigenvalue weighted by Gasteiger charge is 2.29. The molecule has 4 nitrogen and oxygen atoms in total. The molecule has 0 aliphatic rings. The summed E-state index contributed by atoms with van der Waals surface area (Å²) in [6.07, 6.45) is -2.75. The van der Waals surface area contributed by atoms with Crippen LogP contribution in [0.5, 0.6) is 0 Å². The molecule has 0 aliphatic carbocycles. The number of fused-ring (bicyclic) bond motifs is 1. The zero-order chi connectivity index (χ0) is 14.9. The molecule has 0 fully saturated rings. The van der Waals surface area contributed by atoms with E-state index in [0.717, 1.165) is 18.4 Å². The van der Waals surface area contributed by atoms with Crippen molar-refractivity contribution in [3.63, 3.8) is 0 Å². The molecule has 0 bridgehead atoms. The minimum atomic E-state index is -4.06. The van der Waals surface area contributed by atoms with E-state index in [0.29, 0.717) is 14.4 Å². The zero-order valence-corrected chi connectivity index (χ0v) is 12.2. The highest BCUT2D eigenvalue weighted by molar-refractivity contribution is 7.89. The van der Waals surface area contributed by atoms with Gasteiger partial charge in [-0.15, -0.1) is 11.3 Å². The zero-order valence-electron chi connectivity index (χ0n) is 10.6. The third-order valence-electron chi connectivity index (χ3n) is 2.83. The summed E-state index contributed by atoms with van der Waals surface area (Å²) in [6, 6.07) is 6.75. The van der Waals surface area contributed by atoms with Gasteiger partial charge in [-0.05, 0) is 6.07 Å². The molecule has 1 aromatic carbocycles. The van der Waals surface area contributed by atoms with Gasteiger partial charge in [0.1, 0.15) is 4.90 Å². The normalized spacial score (nSPS) is 12.7. The molecule has 0 unspecified atom stereocenters. The van der Waals surface area contributed by atoms with Gasteiger partial charge < -0.3 is 5.11 Å². The fraction of sp³-hybridized carbons (Fsp3) is 0.333. The van der Waals surface area contributed by atoms with Gasteiger partial charge in [-0.1, -0.05) is 18.2 Å². The predicted molar refractivity (Wildman–Crippen MR) is 73.6 cm³/mol. The molecule has 2 rings (SSSR count). The fourth-order valence-electron chi connectivity index (χ4n) is 1.91. The molecule has 0 saturated carbocycles. The highest BCUT2D eigenvalue weighted by atomic mass is 32.2. The van der Waals surface area contributed by atoms with Crippen molar-refractivity contribution in [3.8, 4) is 0 Å². The average Bonchev–Trinajstić information content (AvgIpc) is 2.76. The summed E-state index contributed by atoms with van der Waals surface area (Å²) < 4.78 is 50.9. The van der Waals surface area contributed by atoms with Gasteiger partial charge in [0.15, 0.2) is 0 Å². The van der Waals surface area contributed by atoms with Crippen LogP contribution in [0.2, 0.25) is 0 Å². The van der Waals surface area contributed by atoms with Crippen LogP contribution in [0.1, 0.15) is 4.88 Å². The van der Waals surface area contributed by atoms with Crippen LogP contribution >= 0.6 is 11.3 Å². The summed E-state index contributed by atoms with van der Waals surface area (Å²) >= 11 is 1.14. The van der Waals surface area contributed by atoms with Crippen LogP contribution in [-0.4, -0.2) is 37.8 Å². The van der Waals surface area contributed by atoms with Crippen LogP contribution in [-0.2, 0) is 16.6 Å². The van der Waals surface area contributed by atoms with E-state index in [1.165, 1.54) is 0 Å². The number of benzene rings is 1. The minimum Gasteiger partial charge on any atom is -0.391 e. The first-order chi connectivity index (χ1) is 9.37. The van der Waals surface area contributed by atoms with Crippen LogP contribution in [0.3, 0.4) is 0 Å². The van der Waals surface area contributed by atoms with E-state index in [-0.39, 0.29) is 9.77 Å². The van der Waals surface area contributed by atoms with Crippen molar-refractivity contribution in [1.82, 2.24) is 4.31 Å². The van der Waals surface area contributed by atoms with Gasteiger partial charge in [0.05, 0.1) is 18.0 Å². The third-order valence-corrected chi connectivity index (χ3v) is 6.06. The average molecular weight is 321 g/mol. The molecule has 20 heavy (non-hydrogen) atoms. The Balaban J connectivity index is 2.61. The highest BCUT2D eigenvalue weighted by Crippen LogP contribution is 2.36.